The van der Waals surface area contributed by atoms with Crippen LogP contribution in [-0.4, -0.2) is 18.3 Å². The smallest absolute Gasteiger partial charge is 0.167 e. The largest absolute Gasteiger partial charge is 0.487 e. The van der Waals surface area contributed by atoms with Crippen molar-refractivity contribution in [3.05, 3.63) is 92.3 Å². The summed E-state index contributed by atoms with van der Waals surface area (Å²) >= 11 is 0. The first-order valence-electron chi connectivity index (χ1n) is 9.04. The number of fused-ring (bicyclic) bond motifs is 1. The molecule has 9 heteroatoms. The summed E-state index contributed by atoms with van der Waals surface area (Å²) in [5.41, 5.74) is 21.0. The zero-order chi connectivity index (χ0) is 20.5. The molecule has 0 aliphatic rings. The fourth-order valence-corrected chi connectivity index (χ4v) is 3.15. The number of rotatable bonds is 9. The summed E-state index contributed by atoms with van der Waals surface area (Å²) in [5.74, 6) is 0.671. The van der Waals surface area contributed by atoms with Crippen molar-refractivity contribution in [2.75, 3.05) is 13.3 Å². The number of aromatic nitrogens is 1. The lowest BCUT2D eigenvalue weighted by Crippen LogP contribution is -2.23. The van der Waals surface area contributed by atoms with Crippen molar-refractivity contribution >= 4 is 10.9 Å². The van der Waals surface area contributed by atoms with Crippen LogP contribution in [0.25, 0.3) is 31.8 Å². The minimum Gasteiger partial charge on any atom is -0.487 e. The normalized spacial score (nSPS) is 11.3. The van der Waals surface area contributed by atoms with Crippen LogP contribution >= 0.6 is 0 Å². The Hall–Kier alpha value is -3.77. The number of hydrogen-bond donors (Lipinski definition) is 1. The molecule has 3 rings (SSSR count). The summed E-state index contributed by atoms with van der Waals surface area (Å²) in [6, 6.07) is 15.5. The van der Waals surface area contributed by atoms with E-state index in [0.717, 1.165) is 27.6 Å². The van der Waals surface area contributed by atoms with E-state index in [2.05, 4.69) is 30.4 Å². The molecule has 0 fully saturated rings. The van der Waals surface area contributed by atoms with Crippen LogP contribution in [0.5, 0.6) is 5.75 Å². The van der Waals surface area contributed by atoms with E-state index in [1.807, 2.05) is 55.5 Å². The summed E-state index contributed by atoms with van der Waals surface area (Å²) in [6.07, 6.45) is 1.76. The molecule has 0 amide bonds. The summed E-state index contributed by atoms with van der Waals surface area (Å²) in [5, 5.41) is 11.7. The Kier molecular flexibility index (Phi) is 6.86. The van der Waals surface area contributed by atoms with Crippen molar-refractivity contribution in [3.8, 4) is 5.75 Å². The third kappa shape index (κ3) is 5.15. The average molecular weight is 388 g/mol. The first-order valence-corrected chi connectivity index (χ1v) is 9.04. The van der Waals surface area contributed by atoms with E-state index in [4.69, 9.17) is 15.8 Å². The molecule has 2 aromatic carbocycles. The van der Waals surface area contributed by atoms with Crippen LogP contribution in [0, 0.1) is 6.92 Å². The predicted octanol–water partition coefficient (Wildman–Crippen LogP) is 5.33. The molecular weight excluding hydrogens is 368 g/mol. The van der Waals surface area contributed by atoms with E-state index < -0.39 is 0 Å². The maximum atomic E-state index is 8.79. The number of hydrogen-bond acceptors (Lipinski definition) is 5. The van der Waals surface area contributed by atoms with Gasteiger partial charge in [0, 0.05) is 40.5 Å². The molecule has 3 aromatic rings. The van der Waals surface area contributed by atoms with E-state index in [0.29, 0.717) is 12.3 Å². The first-order chi connectivity index (χ1) is 14.2. The van der Waals surface area contributed by atoms with Gasteiger partial charge >= 0.3 is 0 Å². The number of para-hydroxylation sites is 1. The van der Waals surface area contributed by atoms with Gasteiger partial charge in [0.2, 0.25) is 0 Å². The van der Waals surface area contributed by atoms with Crippen LogP contribution in [0.15, 0.2) is 65.0 Å². The molecule has 0 saturated heterocycles. The number of pyridine rings is 1. The highest BCUT2D eigenvalue weighted by Crippen LogP contribution is 2.24. The standard InChI is InChI=1S/C20H20N8O/c1-14-10-15(7-8-19(14)29-13-26-28-22)11-24-18(12-25-27-21)17-6-2-4-16-5-3-9-23-20(16)17/h2-10,18,24H,11-13H2,1H3. The average Bonchev–Trinajstić information content (AvgIpc) is 2.75. The Morgan fingerprint density at radius 3 is 2.72 bits per heavy atom. The van der Waals surface area contributed by atoms with Gasteiger partial charge in [-0.05, 0) is 46.8 Å². The fraction of sp³-hybridized carbons (Fsp3) is 0.250. The Bertz CT molecular complexity index is 1080. The van der Waals surface area contributed by atoms with Crippen LogP contribution in [0.3, 0.4) is 0 Å². The van der Waals surface area contributed by atoms with E-state index in [9.17, 15) is 0 Å². The third-order valence-electron chi connectivity index (χ3n) is 4.50. The second-order valence-corrected chi connectivity index (χ2v) is 6.37. The van der Waals surface area contributed by atoms with E-state index in [1.165, 1.54) is 0 Å². The molecular formula is C20H20N8O. The topological polar surface area (TPSA) is 132 Å². The van der Waals surface area contributed by atoms with Gasteiger partial charge in [0.05, 0.1) is 5.52 Å². The Balaban J connectivity index is 1.78. The SMILES string of the molecule is Cc1cc(CNC(CN=[N+]=[N-])c2cccc3cccnc23)ccc1OCN=[N+]=[N-]. The molecule has 1 aromatic heterocycles. The second kappa shape index (κ2) is 9.96. The minimum atomic E-state index is -0.175. The zero-order valence-electron chi connectivity index (χ0n) is 15.9. The molecule has 0 saturated carbocycles. The van der Waals surface area contributed by atoms with Crippen molar-refractivity contribution in [1.29, 1.82) is 0 Å². The van der Waals surface area contributed by atoms with E-state index >= 15 is 0 Å². The molecule has 1 unspecified atom stereocenters. The Morgan fingerprint density at radius 1 is 1.10 bits per heavy atom. The van der Waals surface area contributed by atoms with Gasteiger partial charge in [0.1, 0.15) is 5.75 Å². The van der Waals surface area contributed by atoms with Crippen LogP contribution in [0.4, 0.5) is 0 Å². The number of benzene rings is 2. The highest BCUT2D eigenvalue weighted by Gasteiger charge is 2.14. The van der Waals surface area contributed by atoms with Gasteiger partial charge in [-0.3, -0.25) is 4.98 Å². The van der Waals surface area contributed by atoms with Gasteiger partial charge in [0.25, 0.3) is 0 Å². The van der Waals surface area contributed by atoms with Gasteiger partial charge in [-0.2, -0.15) is 0 Å². The number of nitrogens with one attached hydrogen (secondary N) is 1. The molecule has 9 nitrogen and oxygen atoms in total. The molecule has 0 bridgehead atoms. The molecule has 0 spiro atoms. The second-order valence-electron chi connectivity index (χ2n) is 6.37. The minimum absolute atomic E-state index is 0.0444. The van der Waals surface area contributed by atoms with E-state index in [-0.39, 0.29) is 19.3 Å². The quantitative estimate of drug-likeness (QED) is 0.302. The Morgan fingerprint density at radius 2 is 1.93 bits per heavy atom. The summed E-state index contributed by atoms with van der Waals surface area (Å²) in [6.45, 7) is 2.74. The molecule has 1 heterocycles. The summed E-state index contributed by atoms with van der Waals surface area (Å²) < 4.78 is 5.42. The monoisotopic (exact) mass is 388 g/mol. The van der Waals surface area contributed by atoms with Crippen LogP contribution < -0.4 is 10.1 Å². The van der Waals surface area contributed by atoms with Gasteiger partial charge in [-0.15, -0.1) is 0 Å². The number of aryl methyl sites for hydroxylation is 1. The molecule has 29 heavy (non-hydrogen) atoms. The maximum Gasteiger partial charge on any atom is 0.167 e. The van der Waals surface area contributed by atoms with Crippen LogP contribution in [-0.2, 0) is 6.54 Å². The number of nitrogens with zero attached hydrogens (tertiary/aromatic N) is 7. The lowest BCUT2D eigenvalue weighted by molar-refractivity contribution is 0.327. The highest BCUT2D eigenvalue weighted by molar-refractivity contribution is 5.82. The Labute approximate surface area is 167 Å². The van der Waals surface area contributed by atoms with Crippen molar-refractivity contribution < 1.29 is 4.74 Å². The fourth-order valence-electron chi connectivity index (χ4n) is 3.15. The number of ether oxygens (including phenoxy) is 1. The van der Waals surface area contributed by atoms with E-state index in [1.54, 1.807) is 6.20 Å². The van der Waals surface area contributed by atoms with Gasteiger partial charge in [-0.1, -0.05) is 46.6 Å². The molecule has 1 atom stereocenters. The van der Waals surface area contributed by atoms with Crippen molar-refractivity contribution in [1.82, 2.24) is 10.3 Å². The third-order valence-corrected chi connectivity index (χ3v) is 4.50. The molecule has 146 valence electrons. The molecule has 0 aliphatic carbocycles. The lowest BCUT2D eigenvalue weighted by atomic mass is 10.0. The molecule has 0 radical (unpaired) electrons. The molecule has 1 N–H and O–H groups in total. The lowest BCUT2D eigenvalue weighted by Gasteiger charge is -2.19. The van der Waals surface area contributed by atoms with Crippen molar-refractivity contribution in [2.45, 2.75) is 19.5 Å². The van der Waals surface area contributed by atoms with Crippen LogP contribution in [0.2, 0.25) is 0 Å². The van der Waals surface area contributed by atoms with Crippen molar-refractivity contribution in [2.24, 2.45) is 10.2 Å². The number of azide groups is 2. The predicted molar refractivity (Wildman–Crippen MR) is 111 cm³/mol. The van der Waals surface area contributed by atoms with Crippen LogP contribution in [0.1, 0.15) is 22.7 Å². The van der Waals surface area contributed by atoms with Crippen molar-refractivity contribution in [3.63, 3.8) is 0 Å². The maximum absolute atomic E-state index is 8.79. The summed E-state index contributed by atoms with van der Waals surface area (Å²) in [4.78, 5) is 10.1. The first kappa shape index (κ1) is 20.0. The zero-order valence-corrected chi connectivity index (χ0v) is 15.9. The molecule has 0 aliphatic heterocycles. The van der Waals surface area contributed by atoms with Gasteiger partial charge in [-0.25, -0.2) is 0 Å². The summed E-state index contributed by atoms with van der Waals surface area (Å²) in [7, 11) is 0. The van der Waals surface area contributed by atoms with Gasteiger partial charge < -0.3 is 10.1 Å². The highest BCUT2D eigenvalue weighted by atomic mass is 16.5. The van der Waals surface area contributed by atoms with Gasteiger partial charge in [0.15, 0.2) is 6.73 Å².